The number of aliphatic carboxylic acids is 1. The Morgan fingerprint density at radius 2 is 1.15 bits per heavy atom. The highest BCUT2D eigenvalue weighted by Crippen LogP contribution is 2.40. The fourth-order valence-electron chi connectivity index (χ4n) is 9.97. The Morgan fingerprint density at radius 1 is 0.624 bits per heavy atom. The molecule has 0 aromatic heterocycles. The van der Waals surface area contributed by atoms with Gasteiger partial charge < -0.3 is 46.3 Å². The smallest absolute Gasteiger partial charge is 0.326 e. The number of aliphatic hydroxyl groups excluding tert-OH is 1. The lowest BCUT2D eigenvalue weighted by atomic mass is 9.72. The van der Waals surface area contributed by atoms with Crippen molar-refractivity contribution in [3.63, 3.8) is 0 Å². The van der Waals surface area contributed by atoms with Crippen molar-refractivity contribution in [3.8, 4) is 0 Å². The predicted octanol–water partition coefficient (Wildman–Crippen LogP) is 5.24. The second kappa shape index (κ2) is 45.0. The highest BCUT2D eigenvalue weighted by Gasteiger charge is 2.30. The van der Waals surface area contributed by atoms with Gasteiger partial charge in [0, 0.05) is 32.2 Å². The molecule has 4 unspecified atom stereocenters. The highest BCUT2D eigenvalue weighted by molar-refractivity contribution is 5.93. The zero-order valence-electron chi connectivity index (χ0n) is 55.6. The fraction of sp³-hybridized carbons (Fsp3) is 0.559. The van der Waals surface area contributed by atoms with Gasteiger partial charge in [0.2, 0.25) is 41.4 Å². The third-order valence-electron chi connectivity index (χ3n) is 14.9. The Hall–Kier alpha value is -7.46. The Kier molecular flexibility index (Phi) is 38.6. The number of carboxylic acid groups (broad SMARTS) is 1. The number of amides is 7. The first-order valence-electron chi connectivity index (χ1n) is 32.0. The number of ether oxygens (including phenoxy) is 2. The monoisotopic (exact) mass is 1300 g/mol. The molecule has 1 aliphatic rings. The van der Waals surface area contributed by atoms with Gasteiger partial charge in [0.15, 0.2) is 0 Å². The molecule has 2 aromatic rings. The molecular weight excluding hydrogens is 1200 g/mol. The SMILES string of the molecule is CC1=C(/C=C/C(C)=C/C=C/C(C)=C/CNC(=O)C(CC(C)C)NC(=O)[C@H](Cc2ccccc2)NC(=O)CNNC(=O)CCC(COOCCOC(CO)CCC(=O)NNCC(=O)N[C@@H](Cc2ccccc2)C(=O)NC(CC(C)C)C(=O)O)OCCOO)C(C)(C)CCC1. The highest BCUT2D eigenvalue weighted by atomic mass is 17.2. The van der Waals surface area contributed by atoms with E-state index in [0.717, 1.165) is 28.7 Å². The van der Waals surface area contributed by atoms with Crippen LogP contribution in [0.2, 0.25) is 0 Å². The number of aliphatic hydroxyl groups is 1. The van der Waals surface area contributed by atoms with Gasteiger partial charge in [-0.25, -0.2) is 30.3 Å². The van der Waals surface area contributed by atoms with Gasteiger partial charge in [-0.3, -0.25) is 49.7 Å². The van der Waals surface area contributed by atoms with Crippen LogP contribution in [-0.2, 0) is 75.3 Å². The van der Waals surface area contributed by atoms with Crippen LogP contribution in [0, 0.1) is 17.3 Å². The summed E-state index contributed by atoms with van der Waals surface area (Å²) in [5.41, 5.74) is 16.5. The molecule has 0 saturated heterocycles. The molecule has 3 rings (SSSR count). The summed E-state index contributed by atoms with van der Waals surface area (Å²) in [4.78, 5) is 119. The Morgan fingerprint density at radius 3 is 1.68 bits per heavy atom. The normalized spacial score (nSPS) is 15.5. The van der Waals surface area contributed by atoms with Gasteiger partial charge in [-0.05, 0) is 99.7 Å². The molecule has 25 nitrogen and oxygen atoms in total. The molecule has 0 spiro atoms. The molecule has 0 heterocycles. The average molecular weight is 1300 g/mol. The summed E-state index contributed by atoms with van der Waals surface area (Å²) in [5.74, 6) is -5.06. The van der Waals surface area contributed by atoms with Crippen molar-refractivity contribution in [2.45, 2.75) is 169 Å². The maximum absolute atomic E-state index is 14.0. The molecule has 0 bridgehead atoms. The van der Waals surface area contributed by atoms with Crippen LogP contribution < -0.4 is 48.3 Å². The zero-order chi connectivity index (χ0) is 68.6. The molecule has 12 N–H and O–H groups in total. The van der Waals surface area contributed by atoms with Crippen molar-refractivity contribution in [1.82, 2.24) is 48.3 Å². The molecule has 6 atom stereocenters. The van der Waals surface area contributed by atoms with E-state index in [1.54, 1.807) is 30.3 Å². The summed E-state index contributed by atoms with van der Waals surface area (Å²) in [6, 6.07) is 13.7. The number of carbonyl (C=O) groups excluding carboxylic acids is 7. The molecule has 516 valence electrons. The Bertz CT molecular complexity index is 2790. The number of rotatable bonds is 46. The zero-order valence-corrected chi connectivity index (χ0v) is 55.6. The number of carbonyl (C=O) groups is 8. The fourth-order valence-corrected chi connectivity index (χ4v) is 9.97. The average Bonchev–Trinajstić information content (AvgIpc) is 1.05. The van der Waals surface area contributed by atoms with E-state index in [2.05, 4.69) is 93.0 Å². The minimum Gasteiger partial charge on any atom is -0.480 e. The maximum Gasteiger partial charge on any atom is 0.326 e. The van der Waals surface area contributed by atoms with Crippen LogP contribution in [0.1, 0.15) is 131 Å². The van der Waals surface area contributed by atoms with E-state index in [1.165, 1.54) is 24.0 Å². The lowest BCUT2D eigenvalue weighted by Crippen LogP contribution is -2.56. The molecular formula is C68H103N9O16. The van der Waals surface area contributed by atoms with Gasteiger partial charge in [0.25, 0.3) is 0 Å². The van der Waals surface area contributed by atoms with E-state index in [1.807, 2.05) is 89.3 Å². The number of hydrogen-bond donors (Lipinski definition) is 12. The van der Waals surface area contributed by atoms with Gasteiger partial charge in [0.1, 0.15) is 44.0 Å². The minimum atomic E-state index is -1.20. The number of carboxylic acids is 1. The molecule has 0 saturated carbocycles. The quantitative estimate of drug-likeness (QED) is 0.0174. The summed E-state index contributed by atoms with van der Waals surface area (Å²) in [5, 5.41) is 42.0. The third-order valence-corrected chi connectivity index (χ3v) is 14.9. The van der Waals surface area contributed by atoms with E-state index in [4.69, 9.17) is 24.5 Å². The van der Waals surface area contributed by atoms with Gasteiger partial charge in [-0.2, -0.15) is 0 Å². The molecule has 2 aromatic carbocycles. The van der Waals surface area contributed by atoms with Crippen LogP contribution in [0.4, 0.5) is 0 Å². The van der Waals surface area contributed by atoms with Crippen LogP contribution in [0.3, 0.4) is 0 Å². The van der Waals surface area contributed by atoms with Crippen LogP contribution in [0.5, 0.6) is 0 Å². The number of benzene rings is 2. The van der Waals surface area contributed by atoms with E-state index in [0.29, 0.717) is 6.42 Å². The Balaban J connectivity index is 1.42. The first-order valence-corrected chi connectivity index (χ1v) is 32.0. The van der Waals surface area contributed by atoms with E-state index >= 15 is 0 Å². The summed E-state index contributed by atoms with van der Waals surface area (Å²) >= 11 is 0. The van der Waals surface area contributed by atoms with Crippen molar-refractivity contribution in [2.75, 3.05) is 59.3 Å². The number of nitrogens with one attached hydrogen (secondary N) is 9. The largest absolute Gasteiger partial charge is 0.480 e. The first-order chi connectivity index (χ1) is 44.4. The number of hydrazine groups is 2. The lowest BCUT2D eigenvalue weighted by Gasteiger charge is -2.32. The van der Waals surface area contributed by atoms with Gasteiger partial charge in [-0.1, -0.05) is 155 Å². The van der Waals surface area contributed by atoms with Crippen molar-refractivity contribution in [2.24, 2.45) is 17.3 Å². The van der Waals surface area contributed by atoms with E-state index < -0.39 is 97.5 Å². The summed E-state index contributed by atoms with van der Waals surface area (Å²) in [7, 11) is 0. The number of allylic oxidation sites excluding steroid dienone is 9. The molecule has 0 radical (unpaired) electrons. The summed E-state index contributed by atoms with van der Waals surface area (Å²) in [6.45, 7) is 16.8. The first kappa shape index (κ1) is 79.8. The second-order valence-electron chi connectivity index (χ2n) is 24.6. The minimum absolute atomic E-state index is 0.0183. The summed E-state index contributed by atoms with van der Waals surface area (Å²) < 4.78 is 11.3. The second-order valence-corrected chi connectivity index (χ2v) is 24.6. The molecule has 93 heavy (non-hydrogen) atoms. The van der Waals surface area contributed by atoms with Crippen molar-refractivity contribution in [1.29, 1.82) is 0 Å². The third kappa shape index (κ3) is 34.9. The van der Waals surface area contributed by atoms with Gasteiger partial charge in [-0.15, -0.1) is 0 Å². The van der Waals surface area contributed by atoms with E-state index in [9.17, 15) is 48.6 Å². The lowest BCUT2D eigenvalue weighted by molar-refractivity contribution is -0.314. The Labute approximate surface area is 547 Å². The molecule has 7 amide bonds. The van der Waals surface area contributed by atoms with Crippen molar-refractivity contribution < 1.29 is 78.0 Å². The van der Waals surface area contributed by atoms with E-state index in [-0.39, 0.29) is 108 Å². The van der Waals surface area contributed by atoms with Crippen LogP contribution >= 0.6 is 0 Å². The topological polar surface area (TPSA) is 352 Å². The van der Waals surface area contributed by atoms with Gasteiger partial charge in [0.05, 0.1) is 45.1 Å². The standard InChI is InChI=1S/C68H103N9O16/c1-46(2)38-56(64(83)69-33-31-49(6)19-16-18-48(5)25-28-55-50(7)20-17-32-68(55,8)9)74-65(84)57(40-51-21-12-10-13-22-51)72-62(81)42-71-77-61(80)30-27-54(90-34-36-91-88)45-93-92-37-35-89-53(44-78)26-29-60(79)76-70-43-63(82)73-58(41-52-23-14-11-15-24-52)66(85)75-59(67(86)87)39-47(3)4/h10-16,18-19,21-25,28,31,46-47,53-54,56-59,70-71,78,88H,17,20,26-27,29-30,32-45H2,1-9H3,(H,69,83)(H,72,81)(H,73,82)(H,74,84)(H,75,85)(H,76,79)(H,77,80)(H,86,87)/b19-16+,28-25+,48-18+,49-31+/t53?,54?,56?,57-,58-,59?/m0/s1. The molecule has 25 heteroatoms. The van der Waals surface area contributed by atoms with Crippen molar-refractivity contribution in [3.05, 3.63) is 131 Å². The van der Waals surface area contributed by atoms with Crippen LogP contribution in [-0.4, -0.2) is 158 Å². The van der Waals surface area contributed by atoms with Gasteiger partial charge >= 0.3 is 5.97 Å². The van der Waals surface area contributed by atoms with Crippen LogP contribution in [0.25, 0.3) is 0 Å². The van der Waals surface area contributed by atoms with Crippen LogP contribution in [0.15, 0.2) is 119 Å². The molecule has 0 fully saturated rings. The summed E-state index contributed by atoms with van der Waals surface area (Å²) in [6.07, 6.45) is 15.0. The maximum atomic E-state index is 14.0. The van der Waals surface area contributed by atoms with Crippen molar-refractivity contribution >= 4 is 47.3 Å². The molecule has 0 aliphatic heterocycles. The number of hydrogen-bond acceptors (Lipinski definition) is 17. The molecule has 1 aliphatic carbocycles. The predicted molar refractivity (Wildman–Crippen MR) is 352 cm³/mol.